The zero-order valence-corrected chi connectivity index (χ0v) is 26.9. The van der Waals surface area contributed by atoms with Crippen LogP contribution in [0.2, 0.25) is 0 Å². The Kier molecular flexibility index (Phi) is 6.65. The summed E-state index contributed by atoms with van der Waals surface area (Å²) in [7, 11) is 0. The van der Waals surface area contributed by atoms with E-state index in [1.54, 1.807) is 0 Å². The van der Waals surface area contributed by atoms with E-state index in [-0.39, 0.29) is 5.41 Å². The van der Waals surface area contributed by atoms with Crippen molar-refractivity contribution in [2.24, 2.45) is 0 Å². The van der Waals surface area contributed by atoms with Gasteiger partial charge in [-0.3, -0.25) is 0 Å². The number of nitrogens with zero attached hydrogens (tertiary/aromatic N) is 1. The minimum absolute atomic E-state index is 0.0746. The van der Waals surface area contributed by atoms with E-state index in [1.807, 2.05) is 0 Å². The predicted molar refractivity (Wildman–Crippen MR) is 197 cm³/mol. The van der Waals surface area contributed by atoms with E-state index in [0.29, 0.717) is 0 Å². The summed E-state index contributed by atoms with van der Waals surface area (Å²) in [6.45, 7) is 9.22. The second kappa shape index (κ2) is 10.9. The Morgan fingerprint density at radius 2 is 1.00 bits per heavy atom. The molecule has 1 heteroatoms. The van der Waals surface area contributed by atoms with Gasteiger partial charge < -0.3 is 4.90 Å². The minimum atomic E-state index is -0.0746. The molecule has 8 rings (SSSR count). The van der Waals surface area contributed by atoms with Crippen LogP contribution < -0.4 is 4.90 Å². The van der Waals surface area contributed by atoms with Crippen molar-refractivity contribution in [2.75, 3.05) is 4.90 Å². The largest absolute Gasteiger partial charge is 0.310 e. The topological polar surface area (TPSA) is 3.24 Å². The molecule has 0 atom stereocenters. The van der Waals surface area contributed by atoms with E-state index in [1.165, 1.54) is 77.8 Å². The molecule has 1 aliphatic rings. The maximum atomic E-state index is 2.46. The molecule has 7 aromatic rings. The minimum Gasteiger partial charge on any atom is -0.310 e. The van der Waals surface area contributed by atoms with E-state index in [0.717, 1.165) is 5.69 Å². The van der Waals surface area contributed by atoms with Gasteiger partial charge in [-0.1, -0.05) is 123 Å². The van der Waals surface area contributed by atoms with Gasteiger partial charge in [-0.15, -0.1) is 0 Å². The highest BCUT2D eigenvalue weighted by molar-refractivity contribution is 5.90. The predicted octanol–water partition coefficient (Wildman–Crippen LogP) is 12.6. The maximum Gasteiger partial charge on any atom is 0.0520 e. The van der Waals surface area contributed by atoms with Crippen molar-refractivity contribution in [3.8, 4) is 33.4 Å². The van der Waals surface area contributed by atoms with Crippen molar-refractivity contribution in [3.05, 3.63) is 174 Å². The lowest BCUT2D eigenvalue weighted by Gasteiger charge is -2.31. The van der Waals surface area contributed by atoms with Crippen LogP contribution in [0.25, 0.3) is 44.2 Å². The molecule has 0 aromatic heterocycles. The lowest BCUT2D eigenvalue weighted by Crippen LogP contribution is -2.17. The summed E-state index contributed by atoms with van der Waals surface area (Å²) in [5, 5.41) is 2.53. The number of hydrogen-bond acceptors (Lipinski definition) is 1. The molecule has 0 saturated carbocycles. The van der Waals surface area contributed by atoms with Gasteiger partial charge in [0.2, 0.25) is 0 Å². The highest BCUT2D eigenvalue weighted by Gasteiger charge is 2.35. The summed E-state index contributed by atoms with van der Waals surface area (Å²) in [6, 6.07) is 55.7. The zero-order chi connectivity index (χ0) is 31.4. The Morgan fingerprint density at radius 3 is 1.76 bits per heavy atom. The van der Waals surface area contributed by atoms with Crippen LogP contribution in [0.5, 0.6) is 0 Å². The summed E-state index contributed by atoms with van der Waals surface area (Å²) in [5.74, 6) is 0. The molecule has 0 radical (unpaired) electrons. The van der Waals surface area contributed by atoms with Crippen molar-refractivity contribution in [1.82, 2.24) is 0 Å². The first-order chi connectivity index (χ1) is 22.4. The Labute approximate surface area is 272 Å². The molecule has 0 unspecified atom stereocenters. The summed E-state index contributed by atoms with van der Waals surface area (Å²) in [5.41, 5.74) is 16.4. The molecule has 46 heavy (non-hydrogen) atoms. The zero-order valence-electron chi connectivity index (χ0n) is 26.9. The molecule has 0 aliphatic heterocycles. The van der Waals surface area contributed by atoms with Gasteiger partial charge in [-0.25, -0.2) is 0 Å². The maximum absolute atomic E-state index is 2.46. The summed E-state index contributed by atoms with van der Waals surface area (Å²) >= 11 is 0. The average Bonchev–Trinajstić information content (AvgIpc) is 3.32. The fraction of sp³-hybridized carbons (Fsp3) is 0.111. The van der Waals surface area contributed by atoms with Crippen molar-refractivity contribution in [2.45, 2.75) is 33.1 Å². The molecule has 0 N–H and O–H groups in total. The monoisotopic (exact) mass is 591 g/mol. The van der Waals surface area contributed by atoms with Gasteiger partial charge in [0, 0.05) is 16.8 Å². The summed E-state index contributed by atoms with van der Waals surface area (Å²) in [6.07, 6.45) is 0. The Morgan fingerprint density at radius 1 is 0.413 bits per heavy atom. The van der Waals surface area contributed by atoms with Crippen LogP contribution in [0.1, 0.15) is 36.1 Å². The lowest BCUT2D eigenvalue weighted by atomic mass is 9.82. The fourth-order valence-electron chi connectivity index (χ4n) is 7.52. The van der Waals surface area contributed by atoms with Crippen LogP contribution in [-0.2, 0) is 5.41 Å². The van der Waals surface area contributed by atoms with Crippen LogP contribution in [0.15, 0.2) is 152 Å². The number of rotatable bonds is 5. The lowest BCUT2D eigenvalue weighted by molar-refractivity contribution is 0.660. The quantitative estimate of drug-likeness (QED) is 0.192. The summed E-state index contributed by atoms with van der Waals surface area (Å²) < 4.78 is 0. The molecule has 0 heterocycles. The molecule has 1 nitrogen and oxygen atoms in total. The van der Waals surface area contributed by atoms with E-state index in [2.05, 4.69) is 184 Å². The van der Waals surface area contributed by atoms with Gasteiger partial charge in [0.1, 0.15) is 0 Å². The number of hydrogen-bond donors (Lipinski definition) is 0. The van der Waals surface area contributed by atoms with Crippen LogP contribution >= 0.6 is 0 Å². The standard InChI is InChI=1S/C45H37N/c1-30-26-37(36-19-18-33-14-8-9-15-35(33)28-36)27-31(2)44(30)46(38-22-20-34(21-23-38)32-12-6-5-7-13-32)39-24-25-41-40-16-10-11-17-42(40)45(3,4)43(41)29-39/h5-29H,1-4H3. The van der Waals surface area contributed by atoms with Crippen LogP contribution in [0.3, 0.4) is 0 Å². The fourth-order valence-corrected chi connectivity index (χ4v) is 7.52. The first-order valence-corrected chi connectivity index (χ1v) is 16.2. The van der Waals surface area contributed by atoms with Gasteiger partial charge in [-0.2, -0.15) is 0 Å². The van der Waals surface area contributed by atoms with Crippen LogP contribution in [-0.4, -0.2) is 0 Å². The van der Waals surface area contributed by atoms with E-state index in [9.17, 15) is 0 Å². The van der Waals surface area contributed by atoms with Crippen LogP contribution in [0.4, 0.5) is 17.1 Å². The van der Waals surface area contributed by atoms with Crippen molar-refractivity contribution >= 4 is 27.8 Å². The van der Waals surface area contributed by atoms with Gasteiger partial charge in [0.15, 0.2) is 0 Å². The molecule has 1 aliphatic carbocycles. The number of aryl methyl sites for hydroxylation is 2. The Bertz CT molecular complexity index is 2220. The highest BCUT2D eigenvalue weighted by atomic mass is 15.1. The van der Waals surface area contributed by atoms with Gasteiger partial charge in [-0.05, 0) is 123 Å². The van der Waals surface area contributed by atoms with E-state index < -0.39 is 0 Å². The Balaban J connectivity index is 1.28. The molecule has 222 valence electrons. The van der Waals surface area contributed by atoms with Gasteiger partial charge in [0.05, 0.1) is 5.69 Å². The first-order valence-electron chi connectivity index (χ1n) is 16.2. The van der Waals surface area contributed by atoms with Crippen molar-refractivity contribution in [3.63, 3.8) is 0 Å². The average molecular weight is 592 g/mol. The molecular formula is C45H37N. The molecule has 0 amide bonds. The third-order valence-electron chi connectivity index (χ3n) is 9.86. The third kappa shape index (κ3) is 4.63. The molecule has 0 saturated heterocycles. The summed E-state index contributed by atoms with van der Waals surface area (Å²) in [4.78, 5) is 2.46. The smallest absolute Gasteiger partial charge is 0.0520 e. The van der Waals surface area contributed by atoms with Crippen LogP contribution in [0, 0.1) is 13.8 Å². The second-order valence-corrected chi connectivity index (χ2v) is 13.2. The van der Waals surface area contributed by atoms with E-state index >= 15 is 0 Å². The van der Waals surface area contributed by atoms with Gasteiger partial charge >= 0.3 is 0 Å². The molecule has 7 aromatic carbocycles. The normalized spacial score (nSPS) is 13.0. The first kappa shape index (κ1) is 28.1. The molecule has 0 fully saturated rings. The molecule has 0 spiro atoms. The Hall–Kier alpha value is -5.40. The highest BCUT2D eigenvalue weighted by Crippen LogP contribution is 2.51. The second-order valence-electron chi connectivity index (χ2n) is 13.2. The molecule has 0 bridgehead atoms. The van der Waals surface area contributed by atoms with Crippen molar-refractivity contribution in [1.29, 1.82) is 0 Å². The SMILES string of the molecule is Cc1cc(-c2ccc3ccccc3c2)cc(C)c1N(c1ccc(-c2ccccc2)cc1)c1ccc2c(c1)C(C)(C)c1ccccc1-2. The number of anilines is 3. The number of fused-ring (bicyclic) bond motifs is 4. The van der Waals surface area contributed by atoms with Gasteiger partial charge in [0.25, 0.3) is 0 Å². The van der Waals surface area contributed by atoms with Crippen molar-refractivity contribution < 1.29 is 0 Å². The van der Waals surface area contributed by atoms with E-state index in [4.69, 9.17) is 0 Å². The molecular weight excluding hydrogens is 555 g/mol. The third-order valence-corrected chi connectivity index (χ3v) is 9.86. The number of benzene rings is 7.